The number of nitrogens with zero attached hydrogens (tertiary/aromatic N) is 1. The van der Waals surface area contributed by atoms with E-state index in [2.05, 4.69) is 4.74 Å². The van der Waals surface area contributed by atoms with Gasteiger partial charge < -0.3 is 20.5 Å². The van der Waals surface area contributed by atoms with Crippen LogP contribution in [0.15, 0.2) is 0 Å². The first-order valence-electron chi connectivity index (χ1n) is 4.37. The van der Waals surface area contributed by atoms with E-state index in [-0.39, 0.29) is 6.54 Å². The first-order valence-corrected chi connectivity index (χ1v) is 4.78. The second-order valence-corrected chi connectivity index (χ2v) is 3.59. The highest BCUT2D eigenvalue weighted by Crippen LogP contribution is 2.19. The molecule has 1 fully saturated rings. The van der Waals surface area contributed by atoms with E-state index in [4.69, 9.17) is 18.0 Å². The summed E-state index contributed by atoms with van der Waals surface area (Å²) in [6, 6.07) is -0.684. The highest BCUT2D eigenvalue weighted by atomic mass is 32.1. The lowest BCUT2D eigenvalue weighted by Crippen LogP contribution is -2.46. The van der Waals surface area contributed by atoms with Crippen molar-refractivity contribution in [2.24, 2.45) is 5.73 Å². The fourth-order valence-corrected chi connectivity index (χ4v) is 1.78. The molecule has 80 valence electrons. The maximum atomic E-state index is 11.3. The Morgan fingerprint density at radius 3 is 2.93 bits per heavy atom. The fourth-order valence-electron chi connectivity index (χ4n) is 1.58. The maximum absolute atomic E-state index is 11.3. The Bertz CT molecular complexity index is 247. The normalized spacial score (nSPS) is 26.4. The van der Waals surface area contributed by atoms with Gasteiger partial charge >= 0.3 is 5.97 Å². The van der Waals surface area contributed by atoms with Crippen molar-refractivity contribution in [1.82, 2.24) is 4.90 Å². The van der Waals surface area contributed by atoms with Crippen molar-refractivity contribution in [1.29, 1.82) is 0 Å². The molecule has 0 aromatic carbocycles. The lowest BCUT2D eigenvalue weighted by molar-refractivity contribution is -0.147. The molecule has 1 aliphatic heterocycles. The predicted molar refractivity (Wildman–Crippen MR) is 54.8 cm³/mol. The third-order valence-corrected chi connectivity index (χ3v) is 2.70. The van der Waals surface area contributed by atoms with Crippen LogP contribution < -0.4 is 5.73 Å². The molecule has 0 amide bonds. The second-order valence-electron chi connectivity index (χ2n) is 3.12. The van der Waals surface area contributed by atoms with Gasteiger partial charge in [0.25, 0.3) is 0 Å². The monoisotopic (exact) mass is 218 g/mol. The van der Waals surface area contributed by atoms with Crippen LogP contribution in [-0.4, -0.2) is 53.3 Å². The number of hydrogen-bond acceptors (Lipinski definition) is 5. The molecule has 5 nitrogen and oxygen atoms in total. The number of hydrogen-bond donors (Lipinski definition) is 2. The highest BCUT2D eigenvalue weighted by molar-refractivity contribution is 7.80. The third-order valence-electron chi connectivity index (χ3n) is 2.30. The van der Waals surface area contributed by atoms with Crippen molar-refractivity contribution in [3.63, 3.8) is 0 Å². The third kappa shape index (κ3) is 2.02. The van der Waals surface area contributed by atoms with Gasteiger partial charge in [0.2, 0.25) is 0 Å². The van der Waals surface area contributed by atoms with Crippen LogP contribution in [0.1, 0.15) is 6.42 Å². The molecule has 1 saturated heterocycles. The Hall–Kier alpha value is -0.720. The number of ether oxygens (including phenoxy) is 1. The van der Waals surface area contributed by atoms with Crippen molar-refractivity contribution in [3.8, 4) is 0 Å². The molecule has 6 heteroatoms. The zero-order chi connectivity index (χ0) is 10.7. The Morgan fingerprint density at radius 2 is 2.43 bits per heavy atom. The topological polar surface area (TPSA) is 75.8 Å². The number of esters is 1. The van der Waals surface area contributed by atoms with Crippen LogP contribution in [0, 0.1) is 0 Å². The van der Waals surface area contributed by atoms with Crippen LogP contribution >= 0.6 is 12.2 Å². The summed E-state index contributed by atoms with van der Waals surface area (Å²) in [5.41, 5.74) is 5.38. The Morgan fingerprint density at radius 1 is 1.79 bits per heavy atom. The minimum absolute atomic E-state index is 0.204. The second kappa shape index (κ2) is 4.68. The molecule has 0 saturated carbocycles. The van der Waals surface area contributed by atoms with E-state index in [9.17, 15) is 9.90 Å². The number of likely N-dealkylation sites (tertiary alicyclic amines) is 1. The molecular weight excluding hydrogens is 204 g/mol. The van der Waals surface area contributed by atoms with Crippen molar-refractivity contribution < 1.29 is 14.6 Å². The lowest BCUT2D eigenvalue weighted by Gasteiger charge is -2.25. The first kappa shape index (κ1) is 11.4. The molecule has 0 spiro atoms. The van der Waals surface area contributed by atoms with Gasteiger partial charge in [0, 0.05) is 13.1 Å². The van der Waals surface area contributed by atoms with Crippen LogP contribution in [0.4, 0.5) is 0 Å². The van der Waals surface area contributed by atoms with E-state index < -0.39 is 18.1 Å². The molecule has 2 atom stereocenters. The Kier molecular flexibility index (Phi) is 3.79. The molecule has 0 bridgehead atoms. The van der Waals surface area contributed by atoms with E-state index in [1.54, 1.807) is 4.90 Å². The summed E-state index contributed by atoms with van der Waals surface area (Å²) >= 11 is 4.99. The molecule has 0 radical (unpaired) electrons. The molecule has 1 rings (SSSR count). The van der Waals surface area contributed by atoms with Crippen molar-refractivity contribution >= 4 is 23.2 Å². The quantitative estimate of drug-likeness (QED) is 0.452. The zero-order valence-electron chi connectivity index (χ0n) is 7.97. The van der Waals surface area contributed by atoms with Gasteiger partial charge in [-0.05, 0) is 6.42 Å². The Balaban J connectivity index is 2.76. The zero-order valence-corrected chi connectivity index (χ0v) is 8.79. The van der Waals surface area contributed by atoms with Crippen molar-refractivity contribution in [3.05, 3.63) is 0 Å². The Labute approximate surface area is 87.8 Å². The van der Waals surface area contributed by atoms with Crippen LogP contribution in [0.25, 0.3) is 0 Å². The van der Waals surface area contributed by atoms with Gasteiger partial charge in [-0.15, -0.1) is 0 Å². The van der Waals surface area contributed by atoms with Crippen LogP contribution in [0.3, 0.4) is 0 Å². The molecule has 3 N–H and O–H groups in total. The van der Waals surface area contributed by atoms with Crippen molar-refractivity contribution in [2.45, 2.75) is 18.6 Å². The average Bonchev–Trinajstić information content (AvgIpc) is 2.58. The number of carbonyl (C=O) groups is 1. The predicted octanol–water partition coefficient (Wildman–Crippen LogP) is -1.12. The van der Waals surface area contributed by atoms with Gasteiger partial charge in [-0.2, -0.15) is 0 Å². The number of rotatable bonds is 2. The van der Waals surface area contributed by atoms with Crippen LogP contribution in [-0.2, 0) is 9.53 Å². The minimum Gasteiger partial charge on any atom is -0.467 e. The first-order chi connectivity index (χ1) is 6.61. The SMILES string of the molecule is COC(=O)[C@@H]1[C@H](O)CCN1C(=S)CN. The van der Waals surface area contributed by atoms with Gasteiger partial charge in [-0.1, -0.05) is 12.2 Å². The number of methoxy groups -OCH3 is 1. The summed E-state index contributed by atoms with van der Waals surface area (Å²) in [6.07, 6.45) is -0.202. The van der Waals surface area contributed by atoms with E-state index >= 15 is 0 Å². The fraction of sp³-hybridized carbons (Fsp3) is 0.750. The van der Waals surface area contributed by atoms with Crippen LogP contribution in [0.2, 0.25) is 0 Å². The number of thiocarbonyl (C=S) groups is 1. The standard InChI is InChI=1S/C8H14N2O3S/c1-13-8(12)7-5(11)2-3-10(7)6(14)4-9/h5,7,11H,2-4,9H2,1H3/t5-,7+/m1/s1. The lowest BCUT2D eigenvalue weighted by atomic mass is 10.2. The number of nitrogens with two attached hydrogens (primary N) is 1. The molecule has 0 aliphatic carbocycles. The van der Waals surface area contributed by atoms with Crippen molar-refractivity contribution in [2.75, 3.05) is 20.2 Å². The summed E-state index contributed by atoms with van der Waals surface area (Å²) in [4.78, 5) is 13.4. The molecule has 0 aromatic heterocycles. The largest absolute Gasteiger partial charge is 0.467 e. The molecule has 14 heavy (non-hydrogen) atoms. The van der Waals surface area contributed by atoms with Gasteiger partial charge in [0.1, 0.15) is 0 Å². The van der Waals surface area contributed by atoms with Gasteiger partial charge in [0.05, 0.1) is 18.2 Å². The summed E-state index contributed by atoms with van der Waals surface area (Å²) < 4.78 is 4.59. The summed E-state index contributed by atoms with van der Waals surface area (Å²) in [7, 11) is 1.29. The average molecular weight is 218 g/mol. The molecule has 0 unspecified atom stereocenters. The molecule has 1 aliphatic rings. The van der Waals surface area contributed by atoms with Crippen LogP contribution in [0.5, 0.6) is 0 Å². The molecule has 1 heterocycles. The highest BCUT2D eigenvalue weighted by Gasteiger charge is 2.39. The summed E-state index contributed by atoms with van der Waals surface area (Å²) in [6.45, 7) is 0.756. The van der Waals surface area contributed by atoms with Gasteiger partial charge in [0.15, 0.2) is 6.04 Å². The summed E-state index contributed by atoms with van der Waals surface area (Å²) in [5, 5.41) is 9.56. The van der Waals surface area contributed by atoms with E-state index in [0.29, 0.717) is 18.0 Å². The smallest absolute Gasteiger partial charge is 0.331 e. The minimum atomic E-state index is -0.716. The van der Waals surface area contributed by atoms with E-state index in [0.717, 1.165) is 0 Å². The van der Waals surface area contributed by atoms with Gasteiger partial charge in [-0.3, -0.25) is 0 Å². The van der Waals surface area contributed by atoms with Gasteiger partial charge in [-0.25, -0.2) is 4.79 Å². The molecule has 0 aromatic rings. The number of aliphatic hydroxyl groups excluding tert-OH is 1. The van der Waals surface area contributed by atoms with E-state index in [1.807, 2.05) is 0 Å². The number of aliphatic hydroxyl groups is 1. The molecular formula is C8H14N2O3S. The number of carbonyl (C=O) groups excluding carboxylic acids is 1. The summed E-state index contributed by atoms with van der Waals surface area (Å²) in [5.74, 6) is -0.467. The maximum Gasteiger partial charge on any atom is 0.331 e. The van der Waals surface area contributed by atoms with E-state index in [1.165, 1.54) is 7.11 Å².